The number of carboxylic acid groups (broad SMARTS) is 1. The van der Waals surface area contributed by atoms with Crippen LogP contribution in [0.4, 0.5) is 0 Å². The van der Waals surface area contributed by atoms with Crippen LogP contribution in [0.5, 0.6) is 5.75 Å². The number of carbonyl (C=O) groups excluding carboxylic acids is 1. The van der Waals surface area contributed by atoms with Gasteiger partial charge in [-0.2, -0.15) is 0 Å². The lowest BCUT2D eigenvalue weighted by molar-refractivity contribution is -0.138. The maximum absolute atomic E-state index is 12.5. The zero-order chi connectivity index (χ0) is 17.7. The van der Waals surface area contributed by atoms with E-state index in [1.165, 1.54) is 7.11 Å². The van der Waals surface area contributed by atoms with Crippen molar-refractivity contribution >= 4 is 11.9 Å². The normalized spacial score (nSPS) is 13.0. The van der Waals surface area contributed by atoms with E-state index in [9.17, 15) is 14.7 Å². The number of pyridine rings is 1. The number of aryl methyl sites for hydroxylation is 1. The van der Waals surface area contributed by atoms with Gasteiger partial charge in [-0.3, -0.25) is 9.59 Å². The first kappa shape index (κ1) is 17.5. The minimum Gasteiger partial charge on any atom is -0.497 e. The Balaban J connectivity index is 2.36. The van der Waals surface area contributed by atoms with E-state index in [4.69, 9.17) is 4.74 Å². The molecule has 126 valence electrons. The predicted molar refractivity (Wildman–Crippen MR) is 89.0 cm³/mol. The van der Waals surface area contributed by atoms with E-state index in [1.54, 1.807) is 56.3 Å². The zero-order valence-electron chi connectivity index (χ0n) is 13.9. The molecule has 6 heteroatoms. The Morgan fingerprint density at radius 3 is 2.58 bits per heavy atom. The lowest BCUT2D eigenvalue weighted by Crippen LogP contribution is -2.45. The summed E-state index contributed by atoms with van der Waals surface area (Å²) >= 11 is 0. The van der Waals surface area contributed by atoms with E-state index in [0.29, 0.717) is 17.0 Å². The van der Waals surface area contributed by atoms with Crippen LogP contribution in [0, 0.1) is 6.92 Å². The van der Waals surface area contributed by atoms with Gasteiger partial charge in [0.1, 0.15) is 11.4 Å². The number of rotatable bonds is 6. The van der Waals surface area contributed by atoms with E-state index >= 15 is 0 Å². The number of aliphatic carboxylic acids is 1. The molecule has 24 heavy (non-hydrogen) atoms. The number of hydrogen-bond donors (Lipinski definition) is 2. The molecule has 0 aliphatic rings. The lowest BCUT2D eigenvalue weighted by Gasteiger charge is -2.30. The third-order valence-corrected chi connectivity index (χ3v) is 3.72. The van der Waals surface area contributed by atoms with Crippen LogP contribution >= 0.6 is 0 Å². The van der Waals surface area contributed by atoms with Crippen molar-refractivity contribution in [2.75, 3.05) is 7.11 Å². The average molecular weight is 328 g/mol. The fourth-order valence-corrected chi connectivity index (χ4v) is 2.47. The molecule has 1 aromatic heterocycles. The molecule has 0 fully saturated rings. The molecule has 1 heterocycles. The summed E-state index contributed by atoms with van der Waals surface area (Å²) in [6.07, 6.45) is -0.266. The lowest BCUT2D eigenvalue weighted by atomic mass is 9.88. The molecule has 0 saturated carbocycles. The first-order valence-corrected chi connectivity index (χ1v) is 7.46. The molecule has 0 radical (unpaired) electrons. The molecule has 0 aliphatic carbocycles. The summed E-state index contributed by atoms with van der Waals surface area (Å²) in [6.45, 7) is 3.46. The molecular formula is C18H20N2O4. The number of methoxy groups -OCH3 is 1. The number of nitrogens with one attached hydrogen (secondary N) is 1. The molecular weight excluding hydrogens is 308 g/mol. The minimum absolute atomic E-state index is 0.245. The van der Waals surface area contributed by atoms with Gasteiger partial charge in [-0.25, -0.2) is 4.98 Å². The Hall–Kier alpha value is -2.89. The largest absolute Gasteiger partial charge is 0.497 e. The monoisotopic (exact) mass is 328 g/mol. The molecule has 0 bridgehead atoms. The van der Waals surface area contributed by atoms with Crippen LogP contribution in [0.3, 0.4) is 0 Å². The number of carboxylic acids is 1. The fourth-order valence-electron chi connectivity index (χ4n) is 2.47. The van der Waals surface area contributed by atoms with E-state index in [2.05, 4.69) is 10.3 Å². The van der Waals surface area contributed by atoms with Gasteiger partial charge in [-0.15, -0.1) is 0 Å². The van der Waals surface area contributed by atoms with E-state index in [-0.39, 0.29) is 12.1 Å². The van der Waals surface area contributed by atoms with Crippen molar-refractivity contribution < 1.29 is 19.4 Å². The average Bonchev–Trinajstić information content (AvgIpc) is 2.54. The van der Waals surface area contributed by atoms with Crippen molar-refractivity contribution in [1.29, 1.82) is 0 Å². The van der Waals surface area contributed by atoms with Gasteiger partial charge >= 0.3 is 5.97 Å². The van der Waals surface area contributed by atoms with Crippen molar-refractivity contribution in [2.24, 2.45) is 0 Å². The highest BCUT2D eigenvalue weighted by Gasteiger charge is 2.32. The first-order chi connectivity index (χ1) is 11.3. The molecule has 2 rings (SSSR count). The number of carbonyl (C=O) groups is 2. The third kappa shape index (κ3) is 4.10. The second kappa shape index (κ2) is 7.12. The summed E-state index contributed by atoms with van der Waals surface area (Å²) in [5.41, 5.74) is 0.506. The van der Waals surface area contributed by atoms with Gasteiger partial charge in [0.15, 0.2) is 0 Å². The van der Waals surface area contributed by atoms with Crippen LogP contribution in [0.2, 0.25) is 0 Å². The zero-order valence-corrected chi connectivity index (χ0v) is 13.9. The van der Waals surface area contributed by atoms with Crippen molar-refractivity contribution in [3.05, 3.63) is 59.4 Å². The number of ether oxygens (including phenoxy) is 1. The molecule has 1 amide bonds. The molecule has 0 spiro atoms. The summed E-state index contributed by atoms with van der Waals surface area (Å²) in [7, 11) is 1.53. The number of nitrogens with zero attached hydrogens (tertiary/aromatic N) is 1. The van der Waals surface area contributed by atoms with Gasteiger partial charge in [-0.1, -0.05) is 18.2 Å². The molecule has 1 aromatic carbocycles. The van der Waals surface area contributed by atoms with Crippen molar-refractivity contribution in [2.45, 2.75) is 25.8 Å². The van der Waals surface area contributed by atoms with E-state index < -0.39 is 17.4 Å². The maximum atomic E-state index is 12.5. The summed E-state index contributed by atoms with van der Waals surface area (Å²) in [4.78, 5) is 28.0. The Morgan fingerprint density at radius 2 is 1.96 bits per heavy atom. The van der Waals surface area contributed by atoms with Crippen LogP contribution in [-0.2, 0) is 10.3 Å². The van der Waals surface area contributed by atoms with Crippen molar-refractivity contribution in [1.82, 2.24) is 10.3 Å². The number of benzene rings is 1. The van der Waals surface area contributed by atoms with E-state index in [0.717, 1.165) is 0 Å². The van der Waals surface area contributed by atoms with Gasteiger partial charge in [-0.05, 0) is 43.7 Å². The Bertz CT molecular complexity index is 760. The standard InChI is InChI=1S/C18H20N2O4/c1-12-6-4-9-15(19-12)17(23)20-18(2,11-16(21)22)13-7-5-8-14(10-13)24-3/h4-10H,11H2,1-3H3,(H,20,23)(H,21,22). The van der Waals surface area contributed by atoms with Gasteiger partial charge in [0.05, 0.1) is 19.1 Å². The number of aromatic nitrogens is 1. The highest BCUT2D eigenvalue weighted by Crippen LogP contribution is 2.28. The smallest absolute Gasteiger partial charge is 0.306 e. The van der Waals surface area contributed by atoms with Gasteiger partial charge in [0, 0.05) is 5.69 Å². The van der Waals surface area contributed by atoms with Crippen LogP contribution in [0.25, 0.3) is 0 Å². The molecule has 2 aromatic rings. The fraction of sp³-hybridized carbons (Fsp3) is 0.278. The highest BCUT2D eigenvalue weighted by atomic mass is 16.5. The van der Waals surface area contributed by atoms with Crippen LogP contribution in [0.1, 0.15) is 35.1 Å². The second-order valence-corrected chi connectivity index (χ2v) is 5.75. The molecule has 2 N–H and O–H groups in total. The summed E-state index contributed by atoms with van der Waals surface area (Å²) in [6, 6.07) is 12.1. The highest BCUT2D eigenvalue weighted by molar-refractivity contribution is 5.93. The van der Waals surface area contributed by atoms with Crippen molar-refractivity contribution in [3.8, 4) is 5.75 Å². The molecule has 1 unspecified atom stereocenters. The van der Waals surface area contributed by atoms with Gasteiger partial charge < -0.3 is 15.2 Å². The molecule has 6 nitrogen and oxygen atoms in total. The summed E-state index contributed by atoms with van der Waals surface area (Å²) in [5.74, 6) is -0.852. The Labute approximate surface area is 140 Å². The summed E-state index contributed by atoms with van der Waals surface area (Å²) in [5, 5.41) is 12.1. The Kier molecular flexibility index (Phi) is 5.18. The first-order valence-electron chi connectivity index (χ1n) is 7.46. The number of amides is 1. The minimum atomic E-state index is -1.09. The third-order valence-electron chi connectivity index (χ3n) is 3.72. The van der Waals surface area contributed by atoms with Crippen LogP contribution in [0.15, 0.2) is 42.5 Å². The molecule has 0 saturated heterocycles. The van der Waals surface area contributed by atoms with Crippen LogP contribution in [-0.4, -0.2) is 29.1 Å². The van der Waals surface area contributed by atoms with Gasteiger partial charge in [0.25, 0.3) is 5.91 Å². The predicted octanol–water partition coefficient (Wildman–Crippen LogP) is 2.52. The van der Waals surface area contributed by atoms with Crippen LogP contribution < -0.4 is 10.1 Å². The molecule has 1 atom stereocenters. The SMILES string of the molecule is COc1cccc(C(C)(CC(=O)O)NC(=O)c2cccc(C)n2)c1. The summed E-state index contributed by atoms with van der Waals surface area (Å²) < 4.78 is 5.19. The number of hydrogen-bond acceptors (Lipinski definition) is 4. The quantitative estimate of drug-likeness (QED) is 0.850. The van der Waals surface area contributed by atoms with E-state index in [1.807, 2.05) is 0 Å². The second-order valence-electron chi connectivity index (χ2n) is 5.75. The topological polar surface area (TPSA) is 88.5 Å². The molecule has 0 aliphatic heterocycles. The van der Waals surface area contributed by atoms with Crippen molar-refractivity contribution in [3.63, 3.8) is 0 Å². The maximum Gasteiger partial charge on any atom is 0.306 e. The Morgan fingerprint density at radius 1 is 1.25 bits per heavy atom. The van der Waals surface area contributed by atoms with Gasteiger partial charge in [0.2, 0.25) is 0 Å².